The molecule has 4 fully saturated rings. The monoisotopic (exact) mass is 408 g/mol. The Balaban J connectivity index is 1.45. The minimum Gasteiger partial charge on any atom is -0.331 e. The van der Waals surface area contributed by atoms with E-state index in [4.69, 9.17) is 0 Å². The van der Waals surface area contributed by atoms with Crippen molar-refractivity contribution in [1.82, 2.24) is 4.90 Å². The number of hydrogen-bond acceptors (Lipinski definition) is 2. The molecule has 158 valence electrons. The molecule has 5 rings (SSSR count). The highest BCUT2D eigenvalue weighted by Crippen LogP contribution is 2.60. The lowest BCUT2D eigenvalue weighted by molar-refractivity contribution is -0.185. The molecule has 0 spiro atoms. The van der Waals surface area contributed by atoms with E-state index in [1.807, 2.05) is 0 Å². The van der Waals surface area contributed by atoms with Gasteiger partial charge in [0.2, 0.25) is 5.91 Å². The summed E-state index contributed by atoms with van der Waals surface area (Å²) < 4.78 is 38.3. The summed E-state index contributed by atoms with van der Waals surface area (Å²) in [5.74, 6) is 0.176. The first kappa shape index (κ1) is 20.2. The molecule has 4 aliphatic carbocycles. The number of carbonyl (C=O) groups is 2. The Hall–Kier alpha value is -2.05. The summed E-state index contributed by atoms with van der Waals surface area (Å²) in [6.07, 6.45) is 1.73. The fraction of sp³-hybridized carbons (Fsp3) is 0.636. The second-order valence-electron chi connectivity index (χ2n) is 9.17. The fourth-order valence-corrected chi connectivity index (χ4v) is 6.13. The maximum absolute atomic E-state index is 13.2. The lowest BCUT2D eigenvalue weighted by Crippen LogP contribution is -2.51. The Bertz CT molecular complexity index is 770. The first-order chi connectivity index (χ1) is 13.7. The zero-order valence-electron chi connectivity index (χ0n) is 16.6. The topological polar surface area (TPSA) is 49.4 Å². The number of nitrogens with one attached hydrogen (secondary N) is 1. The van der Waals surface area contributed by atoms with Gasteiger partial charge in [0.1, 0.15) is 0 Å². The van der Waals surface area contributed by atoms with E-state index in [1.54, 1.807) is 24.3 Å². The van der Waals surface area contributed by atoms with Gasteiger partial charge in [-0.2, -0.15) is 13.2 Å². The molecule has 4 saturated carbocycles. The predicted molar refractivity (Wildman–Crippen MR) is 103 cm³/mol. The maximum atomic E-state index is 13.2. The number of anilines is 1. The van der Waals surface area contributed by atoms with Gasteiger partial charge in [0.15, 0.2) is 0 Å². The minimum absolute atomic E-state index is 0.0395. The number of hydrogen-bond donors (Lipinski definition) is 1. The molecule has 0 unspecified atom stereocenters. The molecule has 29 heavy (non-hydrogen) atoms. The van der Waals surface area contributed by atoms with E-state index < -0.39 is 12.1 Å². The second kappa shape index (κ2) is 7.33. The summed E-state index contributed by atoms with van der Waals surface area (Å²) in [5.41, 5.74) is 0.860. The third-order valence-corrected chi connectivity index (χ3v) is 6.99. The van der Waals surface area contributed by atoms with E-state index in [9.17, 15) is 22.8 Å². The van der Waals surface area contributed by atoms with Crippen LogP contribution in [-0.2, 0) is 16.1 Å². The van der Waals surface area contributed by atoms with Crippen LogP contribution in [0, 0.1) is 23.2 Å². The van der Waals surface area contributed by atoms with E-state index in [2.05, 4.69) is 5.32 Å². The van der Waals surface area contributed by atoms with Gasteiger partial charge < -0.3 is 10.2 Å². The molecule has 0 heterocycles. The van der Waals surface area contributed by atoms with Gasteiger partial charge in [-0.15, -0.1) is 0 Å². The van der Waals surface area contributed by atoms with Gasteiger partial charge in [0, 0.05) is 18.8 Å². The molecular weight excluding hydrogens is 381 g/mol. The molecule has 0 aromatic heterocycles. The quantitative estimate of drug-likeness (QED) is 0.764. The van der Waals surface area contributed by atoms with Crippen LogP contribution in [0.3, 0.4) is 0 Å². The van der Waals surface area contributed by atoms with Crippen LogP contribution in [0.1, 0.15) is 51.0 Å². The smallest absolute Gasteiger partial charge is 0.331 e. The number of nitrogens with zero attached hydrogens (tertiary/aromatic N) is 1. The van der Waals surface area contributed by atoms with E-state index >= 15 is 0 Å². The fourth-order valence-electron chi connectivity index (χ4n) is 6.13. The van der Waals surface area contributed by atoms with Crippen molar-refractivity contribution in [3.8, 4) is 0 Å². The Morgan fingerprint density at radius 1 is 1.10 bits per heavy atom. The van der Waals surface area contributed by atoms with Crippen molar-refractivity contribution in [2.24, 2.45) is 23.2 Å². The number of rotatable bonds is 5. The summed E-state index contributed by atoms with van der Waals surface area (Å²) in [6.45, 7) is 1.33. The average molecular weight is 408 g/mol. The van der Waals surface area contributed by atoms with Crippen LogP contribution in [0.25, 0.3) is 0 Å². The van der Waals surface area contributed by atoms with Crippen LogP contribution in [0.5, 0.6) is 0 Å². The van der Waals surface area contributed by atoms with Crippen molar-refractivity contribution < 1.29 is 22.8 Å². The van der Waals surface area contributed by atoms with Crippen LogP contribution in [0.4, 0.5) is 18.9 Å². The standard InChI is InChI=1S/C22H27F3N2O2/c1-2-27(20(29)22(23,24)25)13-14-4-3-5-18(9-14)26-19(28)21-10-15-6-16(11-21)8-17(7-15)12-21/h3-5,9,15-17H,2,6-8,10-13H2,1H3,(H,26,28). The van der Waals surface area contributed by atoms with Crippen LogP contribution < -0.4 is 5.32 Å². The highest BCUT2D eigenvalue weighted by atomic mass is 19.4. The van der Waals surface area contributed by atoms with E-state index in [-0.39, 0.29) is 24.4 Å². The van der Waals surface area contributed by atoms with Gasteiger partial charge in [-0.25, -0.2) is 0 Å². The average Bonchev–Trinajstić information content (AvgIpc) is 2.64. The van der Waals surface area contributed by atoms with E-state index in [0.717, 1.165) is 24.2 Å². The molecule has 2 amide bonds. The number of halogens is 3. The summed E-state index contributed by atoms with van der Waals surface area (Å²) in [7, 11) is 0. The molecule has 4 bridgehead atoms. The van der Waals surface area contributed by atoms with Crippen molar-refractivity contribution in [3.63, 3.8) is 0 Å². The summed E-state index contributed by atoms with van der Waals surface area (Å²) >= 11 is 0. The van der Waals surface area contributed by atoms with Crippen LogP contribution in [0.2, 0.25) is 0 Å². The van der Waals surface area contributed by atoms with Crippen molar-refractivity contribution in [3.05, 3.63) is 29.8 Å². The van der Waals surface area contributed by atoms with Crippen molar-refractivity contribution in [2.75, 3.05) is 11.9 Å². The third kappa shape index (κ3) is 4.01. The zero-order chi connectivity index (χ0) is 20.8. The first-order valence-electron chi connectivity index (χ1n) is 10.4. The van der Waals surface area contributed by atoms with Crippen LogP contribution >= 0.6 is 0 Å². The van der Waals surface area contributed by atoms with Crippen molar-refractivity contribution in [2.45, 2.75) is 58.2 Å². The summed E-state index contributed by atoms with van der Waals surface area (Å²) in [5, 5.41) is 3.03. The lowest BCUT2D eigenvalue weighted by atomic mass is 9.49. The maximum Gasteiger partial charge on any atom is 0.471 e. The minimum atomic E-state index is -4.89. The van der Waals surface area contributed by atoms with Gasteiger partial charge in [-0.3, -0.25) is 9.59 Å². The second-order valence-corrected chi connectivity index (χ2v) is 9.17. The molecule has 0 atom stereocenters. The van der Waals surface area contributed by atoms with E-state index in [1.165, 1.54) is 26.2 Å². The van der Waals surface area contributed by atoms with Crippen LogP contribution in [-0.4, -0.2) is 29.4 Å². The summed E-state index contributed by atoms with van der Waals surface area (Å²) in [4.78, 5) is 25.5. The summed E-state index contributed by atoms with van der Waals surface area (Å²) in [6, 6.07) is 6.80. The lowest BCUT2D eigenvalue weighted by Gasteiger charge is -2.55. The molecule has 4 aliphatic rings. The molecule has 1 aromatic carbocycles. The highest BCUT2D eigenvalue weighted by Gasteiger charge is 2.54. The Labute approximate surface area is 168 Å². The van der Waals surface area contributed by atoms with Gasteiger partial charge in [-0.05, 0) is 80.9 Å². The van der Waals surface area contributed by atoms with Gasteiger partial charge in [-0.1, -0.05) is 12.1 Å². The van der Waals surface area contributed by atoms with Crippen molar-refractivity contribution >= 4 is 17.5 Å². The number of amides is 2. The molecule has 0 aliphatic heterocycles. The molecule has 0 saturated heterocycles. The number of carbonyl (C=O) groups excluding carboxylic acids is 2. The largest absolute Gasteiger partial charge is 0.471 e. The predicted octanol–water partition coefficient (Wildman–Crippen LogP) is 4.75. The Kier molecular flexibility index (Phi) is 5.11. The number of benzene rings is 1. The van der Waals surface area contributed by atoms with Gasteiger partial charge in [0.25, 0.3) is 0 Å². The van der Waals surface area contributed by atoms with E-state index in [0.29, 0.717) is 29.0 Å². The third-order valence-electron chi connectivity index (χ3n) is 6.99. The molecule has 7 heteroatoms. The van der Waals surface area contributed by atoms with Gasteiger partial charge in [0.05, 0.1) is 5.41 Å². The Morgan fingerprint density at radius 2 is 1.69 bits per heavy atom. The zero-order valence-corrected chi connectivity index (χ0v) is 16.6. The first-order valence-corrected chi connectivity index (χ1v) is 10.4. The molecule has 0 radical (unpaired) electrons. The van der Waals surface area contributed by atoms with Gasteiger partial charge >= 0.3 is 12.1 Å². The Morgan fingerprint density at radius 3 is 2.21 bits per heavy atom. The van der Waals surface area contributed by atoms with Crippen molar-refractivity contribution in [1.29, 1.82) is 0 Å². The highest BCUT2D eigenvalue weighted by molar-refractivity contribution is 5.95. The molecule has 4 nitrogen and oxygen atoms in total. The molecular formula is C22H27F3N2O2. The molecule has 1 N–H and O–H groups in total. The number of alkyl halides is 3. The molecule has 1 aromatic rings. The van der Waals surface area contributed by atoms with Crippen LogP contribution in [0.15, 0.2) is 24.3 Å². The SMILES string of the molecule is CCN(Cc1cccc(NC(=O)C23CC4CC(CC(C4)C2)C3)c1)C(=O)C(F)(F)F. The normalized spacial score (nSPS) is 30.3.